The number of hydrogen-bond donors (Lipinski definition) is 3. The third-order valence-corrected chi connectivity index (χ3v) is 7.41. The standard InChI is InChI=1S/C21H31F2N5O2/c1-20(2-3-20)30-17-8-13-15(9-14(17)22)26-27-19(13)16-10-18(25-12-24-16)28-6-4-21(23,11-29)5-7-28/h10,12-15,17,19,26-27,29H,2-9,11H2,1H3. The van der Waals surface area contributed by atoms with Crippen LogP contribution in [-0.4, -0.2) is 64.4 Å². The molecule has 1 aromatic rings. The molecule has 0 bridgehead atoms. The number of aliphatic hydroxyl groups excluding tert-OH is 1. The van der Waals surface area contributed by atoms with Gasteiger partial charge < -0.3 is 14.7 Å². The average Bonchev–Trinajstić information content (AvgIpc) is 3.34. The minimum absolute atomic E-state index is 0.0435. The SMILES string of the molecule is CC1(OC2CC3C(CC2F)NNC3c2cc(N3CCC(F)(CO)CC3)ncn2)CC1. The number of fused-ring (bicyclic) bond motifs is 1. The largest absolute Gasteiger partial charge is 0.393 e. The number of halogens is 2. The van der Waals surface area contributed by atoms with Crippen LogP contribution in [0.1, 0.15) is 57.2 Å². The molecule has 3 N–H and O–H groups in total. The predicted molar refractivity (Wildman–Crippen MR) is 107 cm³/mol. The molecule has 4 aliphatic rings. The highest BCUT2D eigenvalue weighted by Crippen LogP contribution is 2.45. The summed E-state index contributed by atoms with van der Waals surface area (Å²) < 4.78 is 35.1. The van der Waals surface area contributed by atoms with Crippen LogP contribution in [0.25, 0.3) is 0 Å². The first kappa shape index (κ1) is 20.5. The fourth-order valence-electron chi connectivity index (χ4n) is 5.06. The van der Waals surface area contributed by atoms with E-state index in [2.05, 4.69) is 27.7 Å². The molecule has 0 amide bonds. The van der Waals surface area contributed by atoms with Crippen molar-refractivity contribution in [1.29, 1.82) is 0 Å². The molecule has 3 heterocycles. The third-order valence-electron chi connectivity index (χ3n) is 7.41. The van der Waals surface area contributed by atoms with Gasteiger partial charge in [-0.3, -0.25) is 5.43 Å². The van der Waals surface area contributed by atoms with E-state index in [0.717, 1.165) is 24.4 Å². The van der Waals surface area contributed by atoms with E-state index in [1.54, 1.807) is 6.33 Å². The van der Waals surface area contributed by atoms with Crippen LogP contribution in [0.5, 0.6) is 0 Å². The van der Waals surface area contributed by atoms with E-state index in [0.29, 0.717) is 25.9 Å². The quantitative estimate of drug-likeness (QED) is 0.668. The molecule has 0 aromatic carbocycles. The Kier molecular flexibility index (Phi) is 5.20. The summed E-state index contributed by atoms with van der Waals surface area (Å²) in [6.45, 7) is 2.64. The van der Waals surface area contributed by atoms with Crippen molar-refractivity contribution in [2.24, 2.45) is 5.92 Å². The number of rotatable bonds is 5. The number of anilines is 1. The molecule has 2 saturated carbocycles. The van der Waals surface area contributed by atoms with Gasteiger partial charge in [0.2, 0.25) is 0 Å². The summed E-state index contributed by atoms with van der Waals surface area (Å²) in [6, 6.07) is 1.94. The molecule has 7 nitrogen and oxygen atoms in total. The minimum atomic E-state index is -1.49. The van der Waals surface area contributed by atoms with Crippen LogP contribution in [0, 0.1) is 5.92 Å². The summed E-state index contributed by atoms with van der Waals surface area (Å²) in [7, 11) is 0. The smallest absolute Gasteiger partial charge is 0.137 e. The molecule has 0 spiro atoms. The molecule has 0 radical (unpaired) electrons. The lowest BCUT2D eigenvalue weighted by atomic mass is 9.78. The number of aliphatic hydroxyl groups is 1. The van der Waals surface area contributed by atoms with E-state index in [1.165, 1.54) is 0 Å². The van der Waals surface area contributed by atoms with Gasteiger partial charge in [0.1, 0.15) is 24.0 Å². The predicted octanol–water partition coefficient (Wildman–Crippen LogP) is 1.98. The zero-order valence-electron chi connectivity index (χ0n) is 17.4. The monoisotopic (exact) mass is 423 g/mol. The fourth-order valence-corrected chi connectivity index (χ4v) is 5.06. The van der Waals surface area contributed by atoms with Crippen LogP contribution in [-0.2, 0) is 4.74 Å². The summed E-state index contributed by atoms with van der Waals surface area (Å²) in [4.78, 5) is 10.9. The second kappa shape index (κ2) is 7.62. The van der Waals surface area contributed by atoms with Gasteiger partial charge in [0.25, 0.3) is 0 Å². The van der Waals surface area contributed by atoms with Crippen LogP contribution < -0.4 is 15.8 Å². The maximum Gasteiger partial charge on any atom is 0.137 e. The van der Waals surface area contributed by atoms with Crippen molar-refractivity contribution >= 4 is 5.82 Å². The van der Waals surface area contributed by atoms with E-state index >= 15 is 0 Å². The minimum Gasteiger partial charge on any atom is -0.393 e. The van der Waals surface area contributed by atoms with Crippen LogP contribution >= 0.6 is 0 Å². The van der Waals surface area contributed by atoms with Crippen LogP contribution in [0.2, 0.25) is 0 Å². The molecule has 166 valence electrons. The van der Waals surface area contributed by atoms with E-state index in [-0.39, 0.29) is 42.5 Å². The number of alkyl halides is 2. The van der Waals surface area contributed by atoms with E-state index < -0.39 is 18.4 Å². The van der Waals surface area contributed by atoms with Gasteiger partial charge in [-0.05, 0) is 32.6 Å². The first-order valence-corrected chi connectivity index (χ1v) is 11.1. The maximum atomic E-state index is 14.7. The Morgan fingerprint density at radius 1 is 1.20 bits per heavy atom. The Balaban J connectivity index is 1.29. The molecule has 30 heavy (non-hydrogen) atoms. The van der Waals surface area contributed by atoms with Gasteiger partial charge in [0.15, 0.2) is 0 Å². The Bertz CT molecular complexity index is 772. The highest BCUT2D eigenvalue weighted by atomic mass is 19.1. The molecule has 2 aliphatic carbocycles. The van der Waals surface area contributed by atoms with Gasteiger partial charge in [-0.1, -0.05) is 0 Å². The van der Waals surface area contributed by atoms with Crippen molar-refractivity contribution in [1.82, 2.24) is 20.8 Å². The molecule has 5 atom stereocenters. The fraction of sp³-hybridized carbons (Fsp3) is 0.810. The average molecular weight is 424 g/mol. The maximum absolute atomic E-state index is 14.7. The van der Waals surface area contributed by atoms with E-state index in [9.17, 15) is 13.9 Å². The molecular formula is C21H31F2N5O2. The molecule has 5 unspecified atom stereocenters. The first-order chi connectivity index (χ1) is 14.4. The van der Waals surface area contributed by atoms with Gasteiger partial charge in [-0.25, -0.2) is 24.2 Å². The highest BCUT2D eigenvalue weighted by molar-refractivity contribution is 5.40. The zero-order chi connectivity index (χ0) is 20.9. The topological polar surface area (TPSA) is 82.5 Å². The Hall–Kier alpha value is -1.42. The van der Waals surface area contributed by atoms with Crippen molar-refractivity contribution in [3.63, 3.8) is 0 Å². The van der Waals surface area contributed by atoms with E-state index in [1.807, 2.05) is 11.0 Å². The summed E-state index contributed by atoms with van der Waals surface area (Å²) in [5.41, 5.74) is 5.79. The van der Waals surface area contributed by atoms with E-state index in [4.69, 9.17) is 4.74 Å². The normalized spacial score (nSPS) is 37.1. The van der Waals surface area contributed by atoms with Gasteiger partial charge in [-0.15, -0.1) is 0 Å². The first-order valence-electron chi connectivity index (χ1n) is 11.1. The van der Waals surface area contributed by atoms with Crippen LogP contribution in [0.3, 0.4) is 0 Å². The van der Waals surface area contributed by atoms with Gasteiger partial charge in [0.05, 0.1) is 30.0 Å². The van der Waals surface area contributed by atoms with Crippen molar-refractivity contribution in [3.8, 4) is 0 Å². The van der Waals surface area contributed by atoms with Crippen molar-refractivity contribution in [3.05, 3.63) is 18.1 Å². The summed E-state index contributed by atoms with van der Waals surface area (Å²) in [5, 5.41) is 9.25. The van der Waals surface area contributed by atoms with Gasteiger partial charge >= 0.3 is 0 Å². The molecule has 5 rings (SSSR count). The summed E-state index contributed by atoms with van der Waals surface area (Å²) in [5.74, 6) is 0.948. The molecule has 4 fully saturated rings. The Labute approximate surface area is 175 Å². The number of piperidine rings is 1. The molecule has 9 heteroatoms. The van der Waals surface area contributed by atoms with Crippen molar-refractivity contribution < 1.29 is 18.6 Å². The number of hydrazine groups is 1. The molecule has 2 aliphatic heterocycles. The van der Waals surface area contributed by atoms with Crippen molar-refractivity contribution in [2.45, 2.75) is 81.1 Å². The summed E-state index contributed by atoms with van der Waals surface area (Å²) >= 11 is 0. The number of ether oxygens (including phenoxy) is 1. The lowest BCUT2D eigenvalue weighted by molar-refractivity contribution is -0.0886. The summed E-state index contributed by atoms with van der Waals surface area (Å²) in [6.07, 6.45) is 3.87. The van der Waals surface area contributed by atoms with Crippen LogP contribution in [0.15, 0.2) is 12.4 Å². The van der Waals surface area contributed by atoms with Gasteiger partial charge in [-0.2, -0.15) is 0 Å². The van der Waals surface area contributed by atoms with Crippen molar-refractivity contribution in [2.75, 3.05) is 24.6 Å². The van der Waals surface area contributed by atoms with Gasteiger partial charge in [0, 0.05) is 44.0 Å². The molecular weight excluding hydrogens is 392 g/mol. The number of aromatic nitrogens is 2. The Morgan fingerprint density at radius 2 is 1.97 bits per heavy atom. The second-order valence-corrected chi connectivity index (χ2v) is 9.73. The number of nitrogens with zero attached hydrogens (tertiary/aromatic N) is 3. The zero-order valence-corrected chi connectivity index (χ0v) is 17.4. The Morgan fingerprint density at radius 3 is 2.67 bits per heavy atom. The lowest BCUT2D eigenvalue weighted by Gasteiger charge is -2.37. The molecule has 1 aromatic heterocycles. The van der Waals surface area contributed by atoms with Crippen LogP contribution in [0.4, 0.5) is 14.6 Å². The number of nitrogens with one attached hydrogen (secondary N) is 2. The second-order valence-electron chi connectivity index (χ2n) is 9.73. The third kappa shape index (κ3) is 3.92. The molecule has 2 saturated heterocycles. The highest BCUT2D eigenvalue weighted by Gasteiger charge is 2.50. The number of hydrogen-bond acceptors (Lipinski definition) is 7. The lowest BCUT2D eigenvalue weighted by Crippen LogP contribution is -2.45.